The van der Waals surface area contributed by atoms with Crippen molar-refractivity contribution in [3.63, 3.8) is 0 Å². The van der Waals surface area contributed by atoms with Gasteiger partial charge in [-0.15, -0.1) is 0 Å². The number of carbonyl (C=O) groups excluding carboxylic acids is 1. The molecule has 0 aliphatic heterocycles. The summed E-state index contributed by atoms with van der Waals surface area (Å²) in [6, 6.07) is 10.0. The summed E-state index contributed by atoms with van der Waals surface area (Å²) in [4.78, 5) is 12.0. The van der Waals surface area contributed by atoms with E-state index in [1.165, 1.54) is 12.1 Å². The molecule has 2 N–H and O–H groups in total. The van der Waals surface area contributed by atoms with E-state index < -0.39 is 23.3 Å². The number of hydrogen-bond donors (Lipinski definition) is 2. The summed E-state index contributed by atoms with van der Waals surface area (Å²) in [6.07, 6.45) is -0.578. The van der Waals surface area contributed by atoms with Gasteiger partial charge in [-0.25, -0.2) is 13.6 Å². The molecule has 25 heavy (non-hydrogen) atoms. The van der Waals surface area contributed by atoms with Gasteiger partial charge in [-0.05, 0) is 57.5 Å². The Labute approximate surface area is 146 Å². The molecule has 0 saturated heterocycles. The molecule has 0 spiro atoms. The molecule has 0 aromatic heterocycles. The molecule has 2 aromatic rings. The quantitative estimate of drug-likeness (QED) is 0.769. The summed E-state index contributed by atoms with van der Waals surface area (Å²) in [5, 5.41) is 5.82. The summed E-state index contributed by atoms with van der Waals surface area (Å²) in [5.74, 6) is -1.27. The number of ether oxygens (including phenoxy) is 1. The second kappa shape index (κ2) is 7.51. The Morgan fingerprint density at radius 1 is 1.04 bits per heavy atom. The maximum Gasteiger partial charge on any atom is 0.412 e. The molecule has 1 atom stereocenters. The van der Waals surface area contributed by atoms with E-state index in [0.29, 0.717) is 16.9 Å². The van der Waals surface area contributed by atoms with Crippen LogP contribution >= 0.6 is 0 Å². The van der Waals surface area contributed by atoms with Crippen LogP contribution in [0.1, 0.15) is 39.3 Å². The van der Waals surface area contributed by atoms with Crippen molar-refractivity contribution < 1.29 is 18.3 Å². The molecule has 1 unspecified atom stereocenters. The average molecular weight is 348 g/mol. The van der Waals surface area contributed by atoms with Gasteiger partial charge in [0.05, 0.1) is 11.4 Å². The van der Waals surface area contributed by atoms with Gasteiger partial charge in [0.25, 0.3) is 0 Å². The smallest absolute Gasteiger partial charge is 0.412 e. The van der Waals surface area contributed by atoms with E-state index in [0.717, 1.165) is 6.07 Å². The molecule has 6 heteroatoms. The Morgan fingerprint density at radius 3 is 2.16 bits per heavy atom. The number of halogens is 2. The van der Waals surface area contributed by atoms with Crippen molar-refractivity contribution in [2.75, 3.05) is 10.6 Å². The minimum Gasteiger partial charge on any atom is -0.444 e. The molecule has 2 aromatic carbocycles. The predicted octanol–water partition coefficient (Wildman–Crippen LogP) is 5.48. The van der Waals surface area contributed by atoms with E-state index >= 15 is 0 Å². The monoisotopic (exact) mass is 348 g/mol. The molecule has 134 valence electrons. The molecule has 0 bridgehead atoms. The third-order valence-corrected chi connectivity index (χ3v) is 3.32. The molecule has 0 fully saturated rings. The second-order valence-corrected chi connectivity index (χ2v) is 6.74. The molecule has 0 aliphatic rings. The van der Waals surface area contributed by atoms with E-state index in [2.05, 4.69) is 10.6 Å². The van der Waals surface area contributed by atoms with Crippen LogP contribution in [0.2, 0.25) is 0 Å². The number of rotatable bonds is 4. The lowest BCUT2D eigenvalue weighted by molar-refractivity contribution is 0.0636. The molecule has 0 saturated carbocycles. The highest BCUT2D eigenvalue weighted by Crippen LogP contribution is 2.27. The highest BCUT2D eigenvalue weighted by atomic mass is 19.1. The second-order valence-electron chi connectivity index (χ2n) is 6.74. The first-order valence-corrected chi connectivity index (χ1v) is 7.95. The van der Waals surface area contributed by atoms with Gasteiger partial charge >= 0.3 is 6.09 Å². The highest BCUT2D eigenvalue weighted by Gasteiger charge is 2.18. The Kier molecular flexibility index (Phi) is 5.62. The highest BCUT2D eigenvalue weighted by molar-refractivity contribution is 5.89. The summed E-state index contributed by atoms with van der Waals surface area (Å²) >= 11 is 0. The average Bonchev–Trinajstić information content (AvgIpc) is 2.46. The van der Waals surface area contributed by atoms with Crippen LogP contribution in [-0.4, -0.2) is 11.7 Å². The fourth-order valence-corrected chi connectivity index (χ4v) is 2.27. The molecule has 1 amide bonds. The molecular formula is C19H22F2N2O2. The minimum atomic E-state index is -0.635. The number of hydrogen-bond acceptors (Lipinski definition) is 3. The van der Waals surface area contributed by atoms with Crippen molar-refractivity contribution in [1.82, 2.24) is 0 Å². The molecule has 0 aliphatic carbocycles. The summed E-state index contributed by atoms with van der Waals surface area (Å²) in [5.41, 5.74) is 0.981. The van der Waals surface area contributed by atoms with Gasteiger partial charge < -0.3 is 10.1 Å². The van der Waals surface area contributed by atoms with Crippen LogP contribution in [0.15, 0.2) is 42.5 Å². The van der Waals surface area contributed by atoms with Crippen LogP contribution in [0.5, 0.6) is 0 Å². The third kappa shape index (κ3) is 5.74. The largest absolute Gasteiger partial charge is 0.444 e. The van der Waals surface area contributed by atoms with Gasteiger partial charge in [-0.2, -0.15) is 0 Å². The van der Waals surface area contributed by atoms with Crippen LogP contribution in [0.3, 0.4) is 0 Å². The van der Waals surface area contributed by atoms with Crippen molar-refractivity contribution in [3.05, 3.63) is 59.7 Å². The van der Waals surface area contributed by atoms with Gasteiger partial charge in [-0.3, -0.25) is 5.32 Å². The zero-order chi connectivity index (χ0) is 18.6. The van der Waals surface area contributed by atoms with Gasteiger partial charge in [0.15, 0.2) is 0 Å². The van der Waals surface area contributed by atoms with Crippen molar-refractivity contribution in [2.45, 2.75) is 39.3 Å². The normalized spacial score (nSPS) is 12.4. The molecule has 0 radical (unpaired) electrons. The molecule has 4 nitrogen and oxygen atoms in total. The van der Waals surface area contributed by atoms with Crippen molar-refractivity contribution >= 4 is 17.5 Å². The maximum absolute atomic E-state index is 13.4. The number of anilines is 2. The van der Waals surface area contributed by atoms with Crippen LogP contribution in [0.25, 0.3) is 0 Å². The zero-order valence-corrected chi connectivity index (χ0v) is 14.7. The van der Waals surface area contributed by atoms with Crippen LogP contribution < -0.4 is 10.6 Å². The van der Waals surface area contributed by atoms with Crippen LogP contribution in [-0.2, 0) is 4.74 Å². The first-order valence-electron chi connectivity index (χ1n) is 7.95. The summed E-state index contributed by atoms with van der Waals surface area (Å²) in [6.45, 7) is 7.10. The van der Waals surface area contributed by atoms with Gasteiger partial charge in [0.1, 0.15) is 17.2 Å². The fourth-order valence-electron chi connectivity index (χ4n) is 2.27. The maximum atomic E-state index is 13.4. The van der Waals surface area contributed by atoms with E-state index in [4.69, 9.17) is 4.74 Å². The van der Waals surface area contributed by atoms with E-state index in [-0.39, 0.29) is 6.04 Å². The van der Waals surface area contributed by atoms with Crippen molar-refractivity contribution in [1.29, 1.82) is 0 Å². The standard InChI is InChI=1S/C19H22F2N2O2/c1-12(13-9-14(20)11-15(21)10-13)22-16-7-5-6-8-17(16)23-18(24)25-19(2,3)4/h5-12,22H,1-4H3,(H,23,24). The van der Waals surface area contributed by atoms with E-state index in [1.54, 1.807) is 52.0 Å². The van der Waals surface area contributed by atoms with E-state index in [1.807, 2.05) is 0 Å². The topological polar surface area (TPSA) is 50.4 Å². The first-order chi connectivity index (χ1) is 11.6. The summed E-state index contributed by atoms with van der Waals surface area (Å²) in [7, 11) is 0. The molecule has 0 heterocycles. The number of nitrogens with one attached hydrogen (secondary N) is 2. The Balaban J connectivity index is 2.16. The number of benzene rings is 2. The zero-order valence-electron chi connectivity index (χ0n) is 14.7. The first kappa shape index (κ1) is 18.7. The Morgan fingerprint density at radius 2 is 1.60 bits per heavy atom. The van der Waals surface area contributed by atoms with Gasteiger partial charge in [0.2, 0.25) is 0 Å². The van der Waals surface area contributed by atoms with Crippen LogP contribution in [0.4, 0.5) is 25.0 Å². The third-order valence-electron chi connectivity index (χ3n) is 3.32. The van der Waals surface area contributed by atoms with Gasteiger partial charge in [-0.1, -0.05) is 12.1 Å². The fraction of sp³-hybridized carbons (Fsp3) is 0.316. The number of carbonyl (C=O) groups is 1. The molecule has 2 rings (SSSR count). The molecular weight excluding hydrogens is 326 g/mol. The van der Waals surface area contributed by atoms with Crippen molar-refractivity contribution in [3.8, 4) is 0 Å². The number of amides is 1. The lowest BCUT2D eigenvalue weighted by atomic mass is 10.1. The lowest BCUT2D eigenvalue weighted by Crippen LogP contribution is -2.27. The Hall–Kier alpha value is -2.63. The SMILES string of the molecule is CC(Nc1ccccc1NC(=O)OC(C)(C)C)c1cc(F)cc(F)c1. The van der Waals surface area contributed by atoms with E-state index in [9.17, 15) is 13.6 Å². The van der Waals surface area contributed by atoms with Crippen molar-refractivity contribution in [2.24, 2.45) is 0 Å². The minimum absolute atomic E-state index is 0.369. The number of para-hydroxylation sites is 2. The Bertz CT molecular complexity index is 737. The lowest BCUT2D eigenvalue weighted by Gasteiger charge is -2.22. The van der Waals surface area contributed by atoms with Crippen LogP contribution in [0, 0.1) is 11.6 Å². The predicted molar refractivity (Wildman–Crippen MR) is 94.7 cm³/mol. The summed E-state index contributed by atoms with van der Waals surface area (Å²) < 4.78 is 32.0. The van der Waals surface area contributed by atoms with Gasteiger partial charge in [0, 0.05) is 12.1 Å².